The number of halogens is 1. The number of rotatable bonds is 3. The van der Waals surface area contributed by atoms with Gasteiger partial charge in [-0.25, -0.2) is 4.39 Å². The summed E-state index contributed by atoms with van der Waals surface area (Å²) in [6.45, 7) is 0. The van der Waals surface area contributed by atoms with E-state index in [2.05, 4.69) is 10.3 Å². The lowest BCUT2D eigenvalue weighted by Gasteiger charge is -2.06. The van der Waals surface area contributed by atoms with Crippen molar-refractivity contribution >= 4 is 11.6 Å². The van der Waals surface area contributed by atoms with Gasteiger partial charge in [-0.3, -0.25) is 9.78 Å². The van der Waals surface area contributed by atoms with Gasteiger partial charge in [-0.2, -0.15) is 0 Å². The number of nitrogens with zero attached hydrogens (tertiary/aromatic N) is 1. The van der Waals surface area contributed by atoms with Gasteiger partial charge in [0, 0.05) is 23.6 Å². The number of hydrogen-bond acceptors (Lipinski definition) is 2. The molecule has 1 amide bonds. The molecule has 4 heteroatoms. The van der Waals surface area contributed by atoms with Gasteiger partial charge < -0.3 is 5.32 Å². The summed E-state index contributed by atoms with van der Waals surface area (Å²) in [6, 6.07) is 16.9. The largest absolute Gasteiger partial charge is 0.322 e. The Labute approximate surface area is 127 Å². The van der Waals surface area contributed by atoms with Crippen molar-refractivity contribution in [3.05, 3.63) is 84.4 Å². The lowest BCUT2D eigenvalue weighted by Crippen LogP contribution is -2.11. The third-order valence-electron chi connectivity index (χ3n) is 3.26. The van der Waals surface area contributed by atoms with Crippen molar-refractivity contribution in [3.8, 4) is 11.1 Å². The highest BCUT2D eigenvalue weighted by atomic mass is 19.1. The summed E-state index contributed by atoms with van der Waals surface area (Å²) in [5.74, 6) is -0.450. The van der Waals surface area contributed by atoms with Crippen LogP contribution in [0.1, 0.15) is 10.4 Å². The Morgan fingerprint density at radius 1 is 0.818 bits per heavy atom. The third kappa shape index (κ3) is 3.17. The molecule has 0 aliphatic carbocycles. The first kappa shape index (κ1) is 13.9. The van der Waals surface area contributed by atoms with Gasteiger partial charge >= 0.3 is 0 Å². The van der Waals surface area contributed by atoms with Gasteiger partial charge in [0.05, 0.1) is 0 Å². The maximum absolute atomic E-state index is 12.9. The van der Waals surface area contributed by atoms with Crippen LogP contribution in [0.3, 0.4) is 0 Å². The minimum absolute atomic E-state index is 0.183. The predicted octanol–water partition coefficient (Wildman–Crippen LogP) is 4.14. The molecule has 0 atom stereocenters. The van der Waals surface area contributed by atoms with E-state index >= 15 is 0 Å². The summed E-state index contributed by atoms with van der Waals surface area (Å²) in [5.41, 5.74) is 3.09. The Morgan fingerprint density at radius 2 is 1.36 bits per heavy atom. The van der Waals surface area contributed by atoms with Crippen LogP contribution in [-0.2, 0) is 0 Å². The first-order valence-electron chi connectivity index (χ1n) is 6.80. The maximum Gasteiger partial charge on any atom is 0.255 e. The van der Waals surface area contributed by atoms with E-state index in [-0.39, 0.29) is 11.7 Å². The van der Waals surface area contributed by atoms with Crippen molar-refractivity contribution in [2.75, 3.05) is 5.32 Å². The zero-order chi connectivity index (χ0) is 15.4. The number of carbonyl (C=O) groups excluding carboxylic acids is 1. The summed E-state index contributed by atoms with van der Waals surface area (Å²) >= 11 is 0. The molecule has 0 bridgehead atoms. The van der Waals surface area contributed by atoms with Crippen LogP contribution in [0.5, 0.6) is 0 Å². The minimum atomic E-state index is -0.267. The lowest BCUT2D eigenvalue weighted by atomic mass is 10.0. The number of anilines is 1. The monoisotopic (exact) mass is 292 g/mol. The van der Waals surface area contributed by atoms with Crippen LogP contribution < -0.4 is 5.32 Å². The van der Waals surface area contributed by atoms with Crippen molar-refractivity contribution in [1.29, 1.82) is 0 Å². The molecule has 0 saturated carbocycles. The minimum Gasteiger partial charge on any atom is -0.322 e. The predicted molar refractivity (Wildman–Crippen MR) is 84.0 cm³/mol. The lowest BCUT2D eigenvalue weighted by molar-refractivity contribution is 0.102. The summed E-state index contributed by atoms with van der Waals surface area (Å²) < 4.78 is 12.9. The molecule has 0 fully saturated rings. The van der Waals surface area contributed by atoms with Gasteiger partial charge in [0.15, 0.2) is 0 Å². The van der Waals surface area contributed by atoms with E-state index in [1.165, 1.54) is 12.1 Å². The molecule has 3 aromatic rings. The molecular weight excluding hydrogens is 279 g/mol. The zero-order valence-corrected chi connectivity index (χ0v) is 11.7. The van der Waals surface area contributed by atoms with E-state index in [1.807, 2.05) is 12.1 Å². The number of amides is 1. The Balaban J connectivity index is 1.76. The molecule has 1 aromatic heterocycles. The SMILES string of the molecule is O=C(Nc1ccncc1)c1ccc(-c2ccc(F)cc2)cc1. The number of nitrogens with one attached hydrogen (secondary N) is 1. The Kier molecular flexibility index (Phi) is 3.92. The number of hydrogen-bond donors (Lipinski definition) is 1. The average molecular weight is 292 g/mol. The molecule has 0 spiro atoms. The van der Waals surface area contributed by atoms with Crippen LogP contribution in [-0.4, -0.2) is 10.9 Å². The summed E-state index contributed by atoms with van der Waals surface area (Å²) in [4.78, 5) is 16.0. The summed E-state index contributed by atoms with van der Waals surface area (Å²) in [5, 5.41) is 2.80. The third-order valence-corrected chi connectivity index (χ3v) is 3.26. The van der Waals surface area contributed by atoms with Crippen molar-refractivity contribution in [2.24, 2.45) is 0 Å². The molecule has 108 valence electrons. The normalized spacial score (nSPS) is 10.2. The smallest absolute Gasteiger partial charge is 0.255 e. The second-order valence-corrected chi connectivity index (χ2v) is 4.77. The second kappa shape index (κ2) is 6.18. The van der Waals surface area contributed by atoms with Crippen LogP contribution >= 0.6 is 0 Å². The number of aromatic nitrogens is 1. The summed E-state index contributed by atoms with van der Waals surface area (Å²) in [6.07, 6.45) is 3.24. The standard InChI is InChI=1S/C18H13FN2O/c19-16-7-5-14(6-8-16)13-1-3-15(4-2-13)18(22)21-17-9-11-20-12-10-17/h1-12H,(H,20,21,22). The van der Waals surface area contributed by atoms with Crippen molar-refractivity contribution in [2.45, 2.75) is 0 Å². The van der Waals surface area contributed by atoms with Crippen LogP contribution in [0.2, 0.25) is 0 Å². The van der Waals surface area contributed by atoms with Crippen molar-refractivity contribution < 1.29 is 9.18 Å². The molecule has 0 aliphatic rings. The maximum atomic E-state index is 12.9. The van der Waals surface area contributed by atoms with Crippen molar-refractivity contribution in [3.63, 3.8) is 0 Å². The first-order valence-corrected chi connectivity index (χ1v) is 6.80. The Hall–Kier alpha value is -3.01. The molecule has 1 heterocycles. The average Bonchev–Trinajstić information content (AvgIpc) is 2.57. The molecule has 0 radical (unpaired) electrons. The Morgan fingerprint density at radius 3 is 1.95 bits per heavy atom. The molecule has 3 nitrogen and oxygen atoms in total. The highest BCUT2D eigenvalue weighted by molar-refractivity contribution is 6.04. The highest BCUT2D eigenvalue weighted by Crippen LogP contribution is 2.20. The molecule has 0 aliphatic heterocycles. The van der Waals surface area contributed by atoms with Gasteiger partial charge in [-0.15, -0.1) is 0 Å². The number of pyridine rings is 1. The molecule has 0 unspecified atom stereocenters. The van der Waals surface area contributed by atoms with E-state index in [0.29, 0.717) is 11.3 Å². The molecule has 1 N–H and O–H groups in total. The van der Waals surface area contributed by atoms with Crippen molar-refractivity contribution in [1.82, 2.24) is 4.98 Å². The summed E-state index contributed by atoms with van der Waals surface area (Å²) in [7, 11) is 0. The van der Waals surface area contributed by atoms with Crippen LogP contribution in [0, 0.1) is 5.82 Å². The first-order chi connectivity index (χ1) is 10.7. The fourth-order valence-corrected chi connectivity index (χ4v) is 2.09. The van der Waals surface area contributed by atoms with E-state index in [9.17, 15) is 9.18 Å². The fourth-order valence-electron chi connectivity index (χ4n) is 2.09. The topological polar surface area (TPSA) is 42.0 Å². The van der Waals surface area contributed by atoms with Crippen LogP contribution in [0.15, 0.2) is 73.1 Å². The fraction of sp³-hybridized carbons (Fsp3) is 0. The van der Waals surface area contributed by atoms with E-state index in [0.717, 1.165) is 11.1 Å². The quantitative estimate of drug-likeness (QED) is 0.788. The molecular formula is C18H13FN2O. The van der Waals surface area contributed by atoms with E-state index < -0.39 is 0 Å². The molecule has 2 aromatic carbocycles. The van der Waals surface area contributed by atoms with Crippen LogP contribution in [0.4, 0.5) is 10.1 Å². The van der Waals surface area contributed by atoms with E-state index in [4.69, 9.17) is 0 Å². The van der Waals surface area contributed by atoms with Crippen LogP contribution in [0.25, 0.3) is 11.1 Å². The van der Waals surface area contributed by atoms with Gasteiger partial charge in [0.25, 0.3) is 5.91 Å². The molecule has 22 heavy (non-hydrogen) atoms. The van der Waals surface area contributed by atoms with Gasteiger partial charge in [-0.05, 0) is 47.5 Å². The molecule has 3 rings (SSSR count). The highest BCUT2D eigenvalue weighted by Gasteiger charge is 2.06. The zero-order valence-electron chi connectivity index (χ0n) is 11.7. The number of carbonyl (C=O) groups is 1. The van der Waals surface area contributed by atoms with Gasteiger partial charge in [-0.1, -0.05) is 24.3 Å². The number of benzene rings is 2. The Bertz CT molecular complexity index is 768. The molecule has 0 saturated heterocycles. The van der Waals surface area contributed by atoms with Gasteiger partial charge in [0.1, 0.15) is 5.82 Å². The second-order valence-electron chi connectivity index (χ2n) is 4.77. The van der Waals surface area contributed by atoms with Gasteiger partial charge in [0.2, 0.25) is 0 Å². The van der Waals surface area contributed by atoms with E-state index in [1.54, 1.807) is 48.8 Å².